The SMILES string of the molecule is Cc1c(CNC(c2ccccc2)C2CCCC2)cc(C#N)n1C. The highest BCUT2D eigenvalue weighted by Crippen LogP contribution is 2.36. The van der Waals surface area contributed by atoms with E-state index in [1.165, 1.54) is 42.5 Å². The summed E-state index contributed by atoms with van der Waals surface area (Å²) < 4.78 is 1.98. The molecule has 1 heterocycles. The predicted octanol–water partition coefficient (Wildman–Crippen LogP) is 4.23. The van der Waals surface area contributed by atoms with Crippen LogP contribution in [0, 0.1) is 24.2 Å². The maximum absolute atomic E-state index is 9.19. The first kappa shape index (κ1) is 15.8. The van der Waals surface area contributed by atoms with Crippen LogP contribution in [-0.2, 0) is 13.6 Å². The van der Waals surface area contributed by atoms with Gasteiger partial charge in [-0.3, -0.25) is 0 Å². The van der Waals surface area contributed by atoms with Gasteiger partial charge in [-0.2, -0.15) is 5.26 Å². The monoisotopic (exact) mass is 307 g/mol. The average molecular weight is 307 g/mol. The predicted molar refractivity (Wildman–Crippen MR) is 92.8 cm³/mol. The zero-order valence-electron chi connectivity index (χ0n) is 14.0. The maximum Gasteiger partial charge on any atom is 0.120 e. The van der Waals surface area contributed by atoms with E-state index < -0.39 is 0 Å². The number of nitrogens with one attached hydrogen (secondary N) is 1. The van der Waals surface area contributed by atoms with Crippen LogP contribution in [0.5, 0.6) is 0 Å². The zero-order valence-corrected chi connectivity index (χ0v) is 14.0. The highest BCUT2D eigenvalue weighted by molar-refractivity contribution is 5.34. The third-order valence-corrected chi connectivity index (χ3v) is 5.30. The van der Waals surface area contributed by atoms with Gasteiger partial charge in [-0.05, 0) is 42.9 Å². The highest BCUT2D eigenvalue weighted by Gasteiger charge is 2.26. The summed E-state index contributed by atoms with van der Waals surface area (Å²) >= 11 is 0. The molecule has 0 spiro atoms. The van der Waals surface area contributed by atoms with Crippen LogP contribution in [-0.4, -0.2) is 4.57 Å². The molecule has 1 aliphatic rings. The Kier molecular flexibility index (Phi) is 4.83. The van der Waals surface area contributed by atoms with Gasteiger partial charge in [-0.25, -0.2) is 0 Å². The molecular formula is C20H25N3. The first-order chi connectivity index (χ1) is 11.2. The van der Waals surface area contributed by atoms with E-state index in [4.69, 9.17) is 0 Å². The van der Waals surface area contributed by atoms with Gasteiger partial charge < -0.3 is 9.88 Å². The molecule has 23 heavy (non-hydrogen) atoms. The average Bonchev–Trinajstić information content (AvgIpc) is 3.20. The van der Waals surface area contributed by atoms with Crippen molar-refractivity contribution in [2.75, 3.05) is 0 Å². The molecule has 1 aromatic heterocycles. The number of benzene rings is 1. The van der Waals surface area contributed by atoms with Crippen LogP contribution in [0.25, 0.3) is 0 Å². The lowest BCUT2D eigenvalue weighted by Crippen LogP contribution is -2.27. The van der Waals surface area contributed by atoms with E-state index in [1.54, 1.807) is 0 Å². The van der Waals surface area contributed by atoms with Crippen LogP contribution in [0.1, 0.15) is 54.2 Å². The second-order valence-corrected chi connectivity index (χ2v) is 6.62. The minimum absolute atomic E-state index is 0.406. The van der Waals surface area contributed by atoms with Crippen molar-refractivity contribution in [3.05, 3.63) is 58.9 Å². The van der Waals surface area contributed by atoms with Gasteiger partial charge in [-0.1, -0.05) is 43.2 Å². The smallest absolute Gasteiger partial charge is 0.120 e. The molecule has 3 nitrogen and oxygen atoms in total. The molecule has 0 bridgehead atoms. The van der Waals surface area contributed by atoms with Gasteiger partial charge in [0.15, 0.2) is 0 Å². The summed E-state index contributed by atoms with van der Waals surface area (Å²) in [5.41, 5.74) is 4.51. The second-order valence-electron chi connectivity index (χ2n) is 6.62. The van der Waals surface area contributed by atoms with E-state index >= 15 is 0 Å². The van der Waals surface area contributed by atoms with E-state index in [2.05, 4.69) is 48.6 Å². The standard InChI is InChI=1S/C20H25N3/c1-15-18(12-19(13-21)23(15)2)14-22-20(17-10-6-7-11-17)16-8-4-3-5-9-16/h3-5,8-9,12,17,20,22H,6-7,10-11,14H2,1-2H3. The molecular weight excluding hydrogens is 282 g/mol. The Hall–Kier alpha value is -2.05. The number of nitriles is 1. The van der Waals surface area contributed by atoms with E-state index in [9.17, 15) is 5.26 Å². The quantitative estimate of drug-likeness (QED) is 0.898. The summed E-state index contributed by atoms with van der Waals surface area (Å²) in [7, 11) is 1.96. The summed E-state index contributed by atoms with van der Waals surface area (Å²) in [4.78, 5) is 0. The van der Waals surface area contributed by atoms with Crippen LogP contribution in [0.2, 0.25) is 0 Å². The fraction of sp³-hybridized carbons (Fsp3) is 0.450. The van der Waals surface area contributed by atoms with Crippen LogP contribution >= 0.6 is 0 Å². The first-order valence-electron chi connectivity index (χ1n) is 8.54. The third kappa shape index (κ3) is 3.33. The van der Waals surface area contributed by atoms with Crippen molar-refractivity contribution < 1.29 is 0 Å². The molecule has 1 aromatic carbocycles. The van der Waals surface area contributed by atoms with Crippen molar-refractivity contribution in [3.8, 4) is 6.07 Å². The van der Waals surface area contributed by atoms with E-state index in [1.807, 2.05) is 17.7 Å². The lowest BCUT2D eigenvalue weighted by atomic mass is 9.91. The topological polar surface area (TPSA) is 40.8 Å². The van der Waals surface area contributed by atoms with Crippen LogP contribution in [0.4, 0.5) is 0 Å². The molecule has 0 radical (unpaired) electrons. The summed E-state index contributed by atoms with van der Waals surface area (Å²) in [6.07, 6.45) is 5.31. The number of hydrogen-bond acceptors (Lipinski definition) is 2. The third-order valence-electron chi connectivity index (χ3n) is 5.30. The Bertz CT molecular complexity index is 688. The van der Waals surface area contributed by atoms with Gasteiger partial charge in [0.2, 0.25) is 0 Å². The lowest BCUT2D eigenvalue weighted by molar-refractivity contribution is 0.365. The molecule has 1 aliphatic carbocycles. The van der Waals surface area contributed by atoms with Crippen LogP contribution in [0.3, 0.4) is 0 Å². The van der Waals surface area contributed by atoms with Gasteiger partial charge in [-0.15, -0.1) is 0 Å². The number of rotatable bonds is 5. The summed E-state index contributed by atoms with van der Waals surface area (Å²) in [5, 5.41) is 13.0. The Balaban J connectivity index is 1.78. The van der Waals surface area contributed by atoms with Gasteiger partial charge in [0.25, 0.3) is 0 Å². The van der Waals surface area contributed by atoms with Gasteiger partial charge in [0, 0.05) is 25.3 Å². The van der Waals surface area contributed by atoms with Crippen molar-refractivity contribution in [2.45, 2.75) is 45.2 Å². The van der Waals surface area contributed by atoms with Crippen molar-refractivity contribution in [2.24, 2.45) is 13.0 Å². The Labute approximate surface area is 138 Å². The van der Waals surface area contributed by atoms with E-state index in [0.29, 0.717) is 6.04 Å². The van der Waals surface area contributed by atoms with Crippen LogP contribution in [0.15, 0.2) is 36.4 Å². The number of nitrogens with zero attached hydrogens (tertiary/aromatic N) is 2. The summed E-state index contributed by atoms with van der Waals surface area (Å²) in [5.74, 6) is 0.719. The minimum atomic E-state index is 0.406. The van der Waals surface area contributed by atoms with E-state index in [-0.39, 0.29) is 0 Å². The first-order valence-corrected chi connectivity index (χ1v) is 8.54. The molecule has 0 amide bonds. The van der Waals surface area contributed by atoms with Crippen molar-refractivity contribution in [1.82, 2.24) is 9.88 Å². The zero-order chi connectivity index (χ0) is 16.2. The molecule has 3 heteroatoms. The van der Waals surface area contributed by atoms with Crippen molar-refractivity contribution >= 4 is 0 Å². The van der Waals surface area contributed by atoms with Gasteiger partial charge in [0.1, 0.15) is 11.8 Å². The van der Waals surface area contributed by atoms with E-state index in [0.717, 1.165) is 18.2 Å². The largest absolute Gasteiger partial charge is 0.340 e. The molecule has 1 fully saturated rings. The molecule has 0 saturated heterocycles. The Morgan fingerprint density at radius 2 is 1.96 bits per heavy atom. The minimum Gasteiger partial charge on any atom is -0.340 e. The Morgan fingerprint density at radius 3 is 2.57 bits per heavy atom. The molecule has 1 atom stereocenters. The molecule has 3 rings (SSSR count). The van der Waals surface area contributed by atoms with Gasteiger partial charge in [0.05, 0.1) is 0 Å². The molecule has 1 N–H and O–H groups in total. The molecule has 1 unspecified atom stereocenters. The molecule has 0 aliphatic heterocycles. The molecule has 2 aromatic rings. The molecule has 1 saturated carbocycles. The van der Waals surface area contributed by atoms with Crippen molar-refractivity contribution in [3.63, 3.8) is 0 Å². The van der Waals surface area contributed by atoms with Gasteiger partial charge >= 0.3 is 0 Å². The maximum atomic E-state index is 9.19. The lowest BCUT2D eigenvalue weighted by Gasteiger charge is -2.25. The van der Waals surface area contributed by atoms with Crippen molar-refractivity contribution in [1.29, 1.82) is 5.26 Å². The fourth-order valence-electron chi connectivity index (χ4n) is 3.78. The number of hydrogen-bond donors (Lipinski definition) is 1. The fourth-order valence-corrected chi connectivity index (χ4v) is 3.78. The number of aromatic nitrogens is 1. The summed E-state index contributed by atoms with van der Waals surface area (Å²) in [6.45, 7) is 2.91. The normalized spacial score (nSPS) is 16.4. The summed E-state index contributed by atoms with van der Waals surface area (Å²) in [6, 6.07) is 15.5. The molecule has 120 valence electrons. The second kappa shape index (κ2) is 7.02. The highest BCUT2D eigenvalue weighted by atomic mass is 15.0. The van der Waals surface area contributed by atoms with Crippen LogP contribution < -0.4 is 5.32 Å². The Morgan fingerprint density at radius 1 is 1.26 bits per heavy atom.